The predicted molar refractivity (Wildman–Crippen MR) is 120 cm³/mol. The summed E-state index contributed by atoms with van der Waals surface area (Å²) in [5.74, 6) is 0.405. The molecule has 7 nitrogen and oxygen atoms in total. The van der Waals surface area contributed by atoms with Gasteiger partial charge in [-0.3, -0.25) is 4.79 Å². The Kier molecular flexibility index (Phi) is 5.43. The number of aryl methyl sites for hydroxylation is 2. The zero-order valence-electron chi connectivity index (χ0n) is 18.3. The van der Waals surface area contributed by atoms with E-state index in [9.17, 15) is 18.0 Å². The molecule has 1 atom stereocenters. The average Bonchev–Trinajstić information content (AvgIpc) is 3.43. The van der Waals surface area contributed by atoms with Crippen molar-refractivity contribution in [1.29, 1.82) is 0 Å². The Labute approximate surface area is 192 Å². The maximum Gasteiger partial charge on any atom is 0.416 e. The van der Waals surface area contributed by atoms with Crippen molar-refractivity contribution in [1.82, 2.24) is 29.3 Å². The number of nitrogens with one attached hydrogen (secondary N) is 1. The first-order chi connectivity index (χ1) is 16.3. The van der Waals surface area contributed by atoms with Crippen LogP contribution in [0.25, 0.3) is 17.8 Å². The van der Waals surface area contributed by atoms with Crippen molar-refractivity contribution in [3.8, 4) is 5.69 Å². The largest absolute Gasteiger partial charge is 0.416 e. The van der Waals surface area contributed by atoms with Crippen LogP contribution in [-0.4, -0.2) is 29.3 Å². The van der Waals surface area contributed by atoms with Crippen LogP contribution in [0, 0.1) is 6.92 Å². The topological polar surface area (TPSA) is 81.4 Å². The Morgan fingerprint density at radius 2 is 1.97 bits per heavy atom. The number of fused-ring (bicyclic) bond motifs is 1. The summed E-state index contributed by atoms with van der Waals surface area (Å²) in [6, 6.07) is 9.08. The fourth-order valence-electron chi connectivity index (χ4n) is 4.29. The molecular weight excluding hydrogens is 445 g/mol. The molecule has 1 aliphatic rings. The van der Waals surface area contributed by atoms with Crippen LogP contribution in [0.5, 0.6) is 0 Å². The van der Waals surface area contributed by atoms with Crippen LogP contribution in [0.1, 0.15) is 52.9 Å². The second-order valence-electron chi connectivity index (χ2n) is 8.21. The third-order valence-corrected chi connectivity index (χ3v) is 5.85. The van der Waals surface area contributed by atoms with Crippen molar-refractivity contribution in [2.24, 2.45) is 0 Å². The van der Waals surface area contributed by atoms with Gasteiger partial charge in [0.25, 0.3) is 5.56 Å². The number of H-pyrrole nitrogens is 1. The lowest BCUT2D eigenvalue weighted by Gasteiger charge is -2.25. The molecule has 0 bridgehead atoms. The number of hydrogen-bond acceptors (Lipinski definition) is 4. The molecule has 4 aromatic rings. The summed E-state index contributed by atoms with van der Waals surface area (Å²) in [7, 11) is 0. The van der Waals surface area contributed by atoms with Gasteiger partial charge in [-0.2, -0.15) is 18.3 Å². The van der Waals surface area contributed by atoms with E-state index in [0.29, 0.717) is 42.4 Å². The second-order valence-corrected chi connectivity index (χ2v) is 8.21. The van der Waals surface area contributed by atoms with Crippen LogP contribution in [0.2, 0.25) is 0 Å². The molecule has 174 valence electrons. The van der Waals surface area contributed by atoms with Gasteiger partial charge in [-0.1, -0.05) is 18.2 Å². The molecule has 5 rings (SSSR count). The van der Waals surface area contributed by atoms with Gasteiger partial charge in [0.05, 0.1) is 17.6 Å². The number of aromatic amines is 1. The number of pyridine rings is 1. The molecule has 3 aromatic heterocycles. The first kappa shape index (κ1) is 21.9. The molecule has 0 fully saturated rings. The lowest BCUT2D eigenvalue weighted by atomic mass is 9.88. The second kappa shape index (κ2) is 8.44. The maximum atomic E-state index is 13.6. The van der Waals surface area contributed by atoms with Crippen LogP contribution in [0.3, 0.4) is 0 Å². The highest BCUT2D eigenvalue weighted by atomic mass is 19.4. The lowest BCUT2D eigenvalue weighted by Crippen LogP contribution is -2.21. The smallest absolute Gasteiger partial charge is 0.321 e. The van der Waals surface area contributed by atoms with Gasteiger partial charge in [0.2, 0.25) is 0 Å². The first-order valence-corrected chi connectivity index (χ1v) is 10.8. The Morgan fingerprint density at radius 3 is 2.71 bits per heavy atom. The van der Waals surface area contributed by atoms with Gasteiger partial charge < -0.3 is 9.55 Å². The van der Waals surface area contributed by atoms with E-state index in [1.165, 1.54) is 12.1 Å². The number of imidazole rings is 1. The Morgan fingerprint density at radius 1 is 1.15 bits per heavy atom. The fraction of sp³-hybridized carbons (Fsp3) is 0.250. The molecule has 34 heavy (non-hydrogen) atoms. The Balaban J connectivity index is 1.43. The van der Waals surface area contributed by atoms with Gasteiger partial charge in [0.1, 0.15) is 11.5 Å². The average molecular weight is 466 g/mol. The Bertz CT molecular complexity index is 1430. The maximum absolute atomic E-state index is 13.6. The number of nitrogens with zero attached hydrogens (tertiary/aromatic N) is 5. The molecule has 0 aliphatic carbocycles. The van der Waals surface area contributed by atoms with Crippen LogP contribution in [-0.2, 0) is 12.7 Å². The first-order valence-electron chi connectivity index (χ1n) is 10.8. The van der Waals surface area contributed by atoms with Gasteiger partial charge >= 0.3 is 6.18 Å². The number of hydrogen-bond donors (Lipinski definition) is 1. The lowest BCUT2D eigenvalue weighted by molar-refractivity contribution is -0.138. The highest BCUT2D eigenvalue weighted by Gasteiger charge is 2.37. The summed E-state index contributed by atoms with van der Waals surface area (Å²) in [5.41, 5.74) is 1.10. The molecule has 0 unspecified atom stereocenters. The molecule has 10 heteroatoms. The third-order valence-electron chi connectivity index (χ3n) is 5.85. The van der Waals surface area contributed by atoms with Crippen LogP contribution in [0.15, 0.2) is 53.7 Å². The standard InChI is InChI=1S/C24H21F3N6O/c1-15-13-32(14-28-15)20-10-8-16(29-23(20)34)9-11-21-30-22-18(6-4-12-33(22)31-21)17-5-2-3-7-19(17)24(25,26)27/h2-3,5,7-11,13-14,18H,4,6,12H2,1H3,(H,29,34)/b11-9+/t18-/m0/s1. The van der Waals surface area contributed by atoms with E-state index in [0.717, 1.165) is 11.8 Å². The summed E-state index contributed by atoms with van der Waals surface area (Å²) in [6.45, 7) is 2.43. The summed E-state index contributed by atoms with van der Waals surface area (Å²) in [5, 5.41) is 4.46. The molecule has 0 amide bonds. The summed E-state index contributed by atoms with van der Waals surface area (Å²) in [4.78, 5) is 23.9. The van der Waals surface area contributed by atoms with E-state index in [4.69, 9.17) is 0 Å². The molecule has 1 aliphatic heterocycles. The quantitative estimate of drug-likeness (QED) is 0.478. The zero-order chi connectivity index (χ0) is 23.9. The van der Waals surface area contributed by atoms with E-state index in [1.54, 1.807) is 52.1 Å². The molecule has 4 heterocycles. The fourth-order valence-corrected chi connectivity index (χ4v) is 4.29. The Hall–Kier alpha value is -3.95. The van der Waals surface area contributed by atoms with Crippen molar-refractivity contribution >= 4 is 12.2 Å². The molecule has 1 aromatic carbocycles. The minimum absolute atomic E-state index is 0.216. The van der Waals surface area contributed by atoms with Crippen molar-refractivity contribution in [3.05, 3.63) is 93.4 Å². The van der Waals surface area contributed by atoms with Crippen LogP contribution in [0.4, 0.5) is 13.2 Å². The van der Waals surface area contributed by atoms with E-state index < -0.39 is 17.7 Å². The molecule has 0 saturated heterocycles. The summed E-state index contributed by atoms with van der Waals surface area (Å²) >= 11 is 0. The highest BCUT2D eigenvalue weighted by molar-refractivity contribution is 5.64. The van der Waals surface area contributed by atoms with Crippen LogP contribution >= 0.6 is 0 Å². The molecule has 0 saturated carbocycles. The van der Waals surface area contributed by atoms with Crippen molar-refractivity contribution in [2.45, 2.75) is 38.4 Å². The minimum Gasteiger partial charge on any atom is -0.321 e. The van der Waals surface area contributed by atoms with Gasteiger partial charge in [0, 0.05) is 24.4 Å². The number of aromatic nitrogens is 6. The van der Waals surface area contributed by atoms with Gasteiger partial charge in [-0.05, 0) is 55.7 Å². The minimum atomic E-state index is -4.44. The van der Waals surface area contributed by atoms with Gasteiger partial charge in [-0.15, -0.1) is 0 Å². The van der Waals surface area contributed by atoms with Gasteiger partial charge in [-0.25, -0.2) is 14.6 Å². The van der Waals surface area contributed by atoms with Crippen molar-refractivity contribution in [3.63, 3.8) is 0 Å². The normalized spacial score (nSPS) is 16.2. The van der Waals surface area contributed by atoms with Crippen molar-refractivity contribution < 1.29 is 13.2 Å². The molecular formula is C24H21F3N6O. The van der Waals surface area contributed by atoms with Crippen molar-refractivity contribution in [2.75, 3.05) is 0 Å². The summed E-state index contributed by atoms with van der Waals surface area (Å²) < 4.78 is 44.0. The van der Waals surface area contributed by atoms with Gasteiger partial charge in [0.15, 0.2) is 5.82 Å². The molecule has 0 spiro atoms. The number of halogens is 3. The predicted octanol–water partition coefficient (Wildman–Crippen LogP) is 4.58. The van der Waals surface area contributed by atoms with Crippen LogP contribution < -0.4 is 5.56 Å². The van der Waals surface area contributed by atoms with E-state index in [1.807, 2.05) is 6.92 Å². The third kappa shape index (κ3) is 4.18. The highest BCUT2D eigenvalue weighted by Crippen LogP contribution is 2.40. The molecule has 1 N–H and O–H groups in total. The molecule has 0 radical (unpaired) electrons. The number of alkyl halides is 3. The SMILES string of the molecule is Cc1cn(-c2ccc(/C=C/c3nc4n(n3)CCC[C@H]4c3ccccc3C(F)(F)F)[nH]c2=O)cn1. The number of benzene rings is 1. The number of rotatable bonds is 4. The van der Waals surface area contributed by atoms with E-state index in [-0.39, 0.29) is 11.1 Å². The zero-order valence-corrected chi connectivity index (χ0v) is 18.3. The monoisotopic (exact) mass is 466 g/mol. The van der Waals surface area contributed by atoms with E-state index in [2.05, 4.69) is 20.1 Å². The summed E-state index contributed by atoms with van der Waals surface area (Å²) in [6.07, 6.45) is 3.48. The van der Waals surface area contributed by atoms with E-state index >= 15 is 0 Å².